The number of thiazole rings is 1. The molecule has 0 saturated carbocycles. The molecule has 1 N–H and O–H groups in total. The summed E-state index contributed by atoms with van der Waals surface area (Å²) in [6.45, 7) is 0. The molecule has 0 amide bonds. The standard InChI is InChI=1S/C17H14F3N7O2S2/c1-26(2)16-24-14-13(30-16)15(22-9-21-14)25-31(28,29)12-7-23-27(8-12)11-5-3-4-10(6-11)17(18,19)20/h3-9H,1-2H3,(H,21,22,25). The maximum Gasteiger partial charge on any atom is 0.416 e. The predicted molar refractivity (Wildman–Crippen MR) is 109 cm³/mol. The van der Waals surface area contributed by atoms with Crippen LogP contribution in [0.3, 0.4) is 0 Å². The number of fused-ring (bicyclic) bond motifs is 1. The van der Waals surface area contributed by atoms with Gasteiger partial charge in [-0.05, 0) is 18.2 Å². The molecular weight excluding hydrogens is 455 g/mol. The molecule has 0 aliphatic rings. The zero-order chi connectivity index (χ0) is 22.4. The number of nitrogens with zero attached hydrogens (tertiary/aromatic N) is 6. The number of halogens is 3. The Morgan fingerprint density at radius 1 is 1.19 bits per heavy atom. The molecule has 0 radical (unpaired) electrons. The first-order chi connectivity index (χ1) is 14.5. The number of hydrogen-bond donors (Lipinski definition) is 1. The third-order valence-electron chi connectivity index (χ3n) is 4.10. The zero-order valence-corrected chi connectivity index (χ0v) is 17.6. The van der Waals surface area contributed by atoms with Crippen LogP contribution in [0.4, 0.5) is 24.1 Å². The van der Waals surface area contributed by atoms with Crippen LogP contribution in [-0.4, -0.2) is 47.2 Å². The molecule has 3 aromatic heterocycles. The minimum absolute atomic E-state index is 0.0439. The Bertz CT molecular complexity index is 1360. The summed E-state index contributed by atoms with van der Waals surface area (Å²) in [4.78, 5) is 13.8. The second-order valence-corrected chi connectivity index (χ2v) is 9.20. The summed E-state index contributed by atoms with van der Waals surface area (Å²) in [7, 11) is -0.544. The van der Waals surface area contributed by atoms with Crippen LogP contribution in [-0.2, 0) is 16.2 Å². The smallest absolute Gasteiger partial charge is 0.354 e. The van der Waals surface area contributed by atoms with Gasteiger partial charge in [-0.15, -0.1) is 0 Å². The Labute approximate surface area is 178 Å². The molecule has 0 spiro atoms. The minimum Gasteiger partial charge on any atom is -0.354 e. The van der Waals surface area contributed by atoms with Crippen molar-refractivity contribution in [2.24, 2.45) is 0 Å². The number of sulfonamides is 1. The lowest BCUT2D eigenvalue weighted by molar-refractivity contribution is -0.137. The highest BCUT2D eigenvalue weighted by molar-refractivity contribution is 7.92. The van der Waals surface area contributed by atoms with Gasteiger partial charge in [-0.3, -0.25) is 4.72 Å². The van der Waals surface area contributed by atoms with E-state index in [1.54, 1.807) is 19.0 Å². The van der Waals surface area contributed by atoms with Crippen molar-refractivity contribution in [3.8, 4) is 5.69 Å². The molecule has 0 aliphatic heterocycles. The fourth-order valence-electron chi connectivity index (χ4n) is 2.60. The third kappa shape index (κ3) is 4.16. The van der Waals surface area contributed by atoms with Crippen molar-refractivity contribution < 1.29 is 21.6 Å². The fourth-order valence-corrected chi connectivity index (χ4v) is 4.51. The van der Waals surface area contributed by atoms with Gasteiger partial charge in [-0.25, -0.2) is 23.1 Å². The summed E-state index contributed by atoms with van der Waals surface area (Å²) >= 11 is 1.21. The van der Waals surface area contributed by atoms with Gasteiger partial charge in [0.1, 0.15) is 15.9 Å². The average molecular weight is 469 g/mol. The van der Waals surface area contributed by atoms with Gasteiger partial charge in [0.2, 0.25) is 0 Å². The second kappa shape index (κ2) is 7.46. The van der Waals surface area contributed by atoms with Crippen molar-refractivity contribution in [3.05, 3.63) is 48.5 Å². The maximum absolute atomic E-state index is 12.9. The van der Waals surface area contributed by atoms with E-state index in [0.717, 1.165) is 29.2 Å². The van der Waals surface area contributed by atoms with E-state index in [9.17, 15) is 21.6 Å². The van der Waals surface area contributed by atoms with Crippen LogP contribution in [0, 0.1) is 0 Å². The van der Waals surface area contributed by atoms with Crippen molar-refractivity contribution in [3.63, 3.8) is 0 Å². The monoisotopic (exact) mass is 469 g/mol. The van der Waals surface area contributed by atoms with E-state index in [4.69, 9.17) is 0 Å². The van der Waals surface area contributed by atoms with Gasteiger partial charge >= 0.3 is 6.18 Å². The Hall–Kier alpha value is -3.26. The summed E-state index contributed by atoms with van der Waals surface area (Å²) in [6.07, 6.45) is -1.18. The topological polar surface area (TPSA) is 106 Å². The molecule has 0 unspecified atom stereocenters. The molecule has 0 saturated heterocycles. The summed E-state index contributed by atoms with van der Waals surface area (Å²) in [5.41, 5.74) is -0.465. The lowest BCUT2D eigenvalue weighted by atomic mass is 10.2. The Morgan fingerprint density at radius 3 is 2.68 bits per heavy atom. The molecule has 4 rings (SSSR count). The summed E-state index contributed by atoms with van der Waals surface area (Å²) < 4.78 is 68.4. The van der Waals surface area contributed by atoms with Gasteiger partial charge in [-0.2, -0.15) is 23.3 Å². The van der Waals surface area contributed by atoms with Crippen molar-refractivity contribution >= 4 is 42.7 Å². The Balaban J connectivity index is 1.66. The van der Waals surface area contributed by atoms with E-state index in [1.165, 1.54) is 29.8 Å². The Kier molecular flexibility index (Phi) is 5.05. The molecule has 14 heteroatoms. The molecule has 0 bridgehead atoms. The van der Waals surface area contributed by atoms with Crippen LogP contribution < -0.4 is 9.62 Å². The fraction of sp³-hybridized carbons (Fsp3) is 0.176. The number of nitrogens with one attached hydrogen (secondary N) is 1. The van der Waals surface area contributed by atoms with Crippen molar-refractivity contribution in [1.29, 1.82) is 0 Å². The largest absolute Gasteiger partial charge is 0.416 e. The first-order valence-corrected chi connectivity index (χ1v) is 10.9. The minimum atomic E-state index is -4.53. The molecule has 9 nitrogen and oxygen atoms in total. The Morgan fingerprint density at radius 2 is 1.97 bits per heavy atom. The molecule has 4 aromatic rings. The zero-order valence-electron chi connectivity index (χ0n) is 16.0. The lowest BCUT2D eigenvalue weighted by Gasteiger charge is -2.08. The quantitative estimate of drug-likeness (QED) is 0.479. The molecule has 162 valence electrons. The number of benzene rings is 1. The SMILES string of the molecule is CN(C)c1nc2ncnc(NS(=O)(=O)c3cnn(-c4cccc(C(F)(F)F)c4)c3)c2s1. The molecule has 0 aliphatic carbocycles. The number of rotatable bonds is 5. The summed E-state index contributed by atoms with van der Waals surface area (Å²) in [5.74, 6) is 0.0439. The second-order valence-electron chi connectivity index (χ2n) is 6.54. The van der Waals surface area contributed by atoms with E-state index in [2.05, 4.69) is 24.8 Å². The average Bonchev–Trinajstić information content (AvgIpc) is 3.36. The van der Waals surface area contributed by atoms with E-state index in [-0.39, 0.29) is 16.4 Å². The van der Waals surface area contributed by atoms with Gasteiger partial charge in [0.05, 0.1) is 23.6 Å². The van der Waals surface area contributed by atoms with Crippen LogP contribution in [0.25, 0.3) is 16.0 Å². The molecular formula is C17H14F3N7O2S2. The molecule has 3 heterocycles. The number of alkyl halides is 3. The van der Waals surface area contributed by atoms with E-state index >= 15 is 0 Å². The normalized spacial score (nSPS) is 12.3. The predicted octanol–water partition coefficient (Wildman–Crippen LogP) is 3.16. The first-order valence-electron chi connectivity index (χ1n) is 8.58. The number of aromatic nitrogens is 5. The molecule has 1 aromatic carbocycles. The molecule has 31 heavy (non-hydrogen) atoms. The maximum atomic E-state index is 12.9. The van der Waals surface area contributed by atoms with E-state index in [0.29, 0.717) is 15.5 Å². The third-order valence-corrected chi connectivity index (χ3v) is 6.61. The summed E-state index contributed by atoms with van der Waals surface area (Å²) in [6, 6.07) is 4.41. The highest BCUT2D eigenvalue weighted by atomic mass is 32.2. The van der Waals surface area contributed by atoms with Gasteiger partial charge in [0.15, 0.2) is 16.6 Å². The lowest BCUT2D eigenvalue weighted by Crippen LogP contribution is -2.13. The van der Waals surface area contributed by atoms with E-state index in [1.807, 2.05) is 0 Å². The number of hydrogen-bond acceptors (Lipinski definition) is 8. The number of anilines is 2. The van der Waals surface area contributed by atoms with Gasteiger partial charge < -0.3 is 4.90 Å². The van der Waals surface area contributed by atoms with Crippen LogP contribution >= 0.6 is 11.3 Å². The van der Waals surface area contributed by atoms with Crippen molar-refractivity contribution in [1.82, 2.24) is 24.7 Å². The van der Waals surface area contributed by atoms with Gasteiger partial charge in [0, 0.05) is 14.1 Å². The van der Waals surface area contributed by atoms with E-state index < -0.39 is 21.8 Å². The molecule has 0 atom stereocenters. The van der Waals surface area contributed by atoms with Crippen LogP contribution in [0.2, 0.25) is 0 Å². The van der Waals surface area contributed by atoms with Crippen molar-refractivity contribution in [2.75, 3.05) is 23.7 Å². The van der Waals surface area contributed by atoms with Crippen molar-refractivity contribution in [2.45, 2.75) is 11.1 Å². The highest BCUT2D eigenvalue weighted by Crippen LogP contribution is 2.32. The van der Waals surface area contributed by atoms with Gasteiger partial charge in [-0.1, -0.05) is 17.4 Å². The van der Waals surface area contributed by atoms with Gasteiger partial charge in [0.25, 0.3) is 10.0 Å². The highest BCUT2D eigenvalue weighted by Gasteiger charge is 2.30. The van der Waals surface area contributed by atoms with Crippen LogP contribution in [0.1, 0.15) is 5.56 Å². The summed E-state index contributed by atoms with van der Waals surface area (Å²) in [5, 5.41) is 4.51. The van der Waals surface area contributed by atoms with Crippen LogP contribution in [0.5, 0.6) is 0 Å². The first kappa shape index (κ1) is 21.0. The van der Waals surface area contributed by atoms with Crippen LogP contribution in [0.15, 0.2) is 47.9 Å². The molecule has 0 fully saturated rings.